The predicted molar refractivity (Wildman–Crippen MR) is 52.5 cm³/mol. The molecule has 0 spiro atoms. The zero-order chi connectivity index (χ0) is 8.59. The minimum Gasteiger partial charge on any atom is -0.306 e. The number of hydrogen-bond donors (Lipinski definition) is 0. The summed E-state index contributed by atoms with van der Waals surface area (Å²) in [7, 11) is 4.50. The van der Waals surface area contributed by atoms with Gasteiger partial charge in [0.15, 0.2) is 0 Å². The fourth-order valence-corrected chi connectivity index (χ4v) is 1.41. The van der Waals surface area contributed by atoms with Crippen molar-refractivity contribution in [2.75, 3.05) is 7.05 Å². The van der Waals surface area contributed by atoms with Gasteiger partial charge in [0, 0.05) is 6.04 Å². The zero-order valence-electron chi connectivity index (χ0n) is 8.31. The van der Waals surface area contributed by atoms with Crippen LogP contribution in [-0.2, 0) is 0 Å². The first kappa shape index (κ1) is 8.86. The Kier molecular flexibility index (Phi) is 2.43. The molecule has 1 aliphatic rings. The third-order valence-corrected chi connectivity index (χ3v) is 3.00. The smallest absolute Gasteiger partial charge is 0.125 e. The maximum absolute atomic E-state index is 2.42. The quantitative estimate of drug-likeness (QED) is 0.323. The van der Waals surface area contributed by atoms with E-state index in [1.54, 1.807) is 5.57 Å². The van der Waals surface area contributed by atoms with E-state index in [1.807, 2.05) is 0 Å². The van der Waals surface area contributed by atoms with Crippen LogP contribution in [0.15, 0.2) is 11.1 Å². The molecule has 1 aliphatic heterocycles. The van der Waals surface area contributed by atoms with Crippen LogP contribution in [-0.4, -0.2) is 31.8 Å². The third-order valence-electron chi connectivity index (χ3n) is 3.00. The van der Waals surface area contributed by atoms with Gasteiger partial charge in [-0.1, -0.05) is 11.1 Å². The van der Waals surface area contributed by atoms with Gasteiger partial charge in [0.25, 0.3) is 0 Å². The molecular formula is C9H18BN. The van der Waals surface area contributed by atoms with Crippen molar-refractivity contribution in [3.8, 4) is 0 Å². The summed E-state index contributed by atoms with van der Waals surface area (Å²) in [5.74, 6) is 0.810. The summed E-state index contributed by atoms with van der Waals surface area (Å²) in [6.45, 7) is 6.64. The van der Waals surface area contributed by atoms with Crippen LogP contribution in [0.3, 0.4) is 0 Å². The predicted octanol–water partition coefficient (Wildman–Crippen LogP) is 1.01. The lowest BCUT2D eigenvalue weighted by Crippen LogP contribution is -1.95. The SMILES string of the molecule is BC1C(CC(C)=C(C)C)N1C. The number of allylic oxidation sites excluding steroid dienone is 1. The van der Waals surface area contributed by atoms with Crippen LogP contribution in [0.2, 0.25) is 0 Å². The Morgan fingerprint density at radius 1 is 1.36 bits per heavy atom. The van der Waals surface area contributed by atoms with Crippen LogP contribution in [0.4, 0.5) is 0 Å². The lowest BCUT2D eigenvalue weighted by Gasteiger charge is -2.01. The molecule has 0 aromatic rings. The van der Waals surface area contributed by atoms with Gasteiger partial charge in [-0.2, -0.15) is 0 Å². The van der Waals surface area contributed by atoms with Crippen LogP contribution in [0.1, 0.15) is 27.2 Å². The van der Waals surface area contributed by atoms with Crippen LogP contribution < -0.4 is 0 Å². The van der Waals surface area contributed by atoms with Crippen molar-refractivity contribution in [2.45, 2.75) is 39.2 Å². The van der Waals surface area contributed by atoms with E-state index in [9.17, 15) is 0 Å². The molecule has 1 rings (SSSR count). The van der Waals surface area contributed by atoms with E-state index in [0.717, 1.165) is 12.0 Å². The summed E-state index contributed by atoms with van der Waals surface area (Å²) in [5.41, 5.74) is 3.05. The zero-order valence-corrected chi connectivity index (χ0v) is 8.31. The molecule has 0 aliphatic carbocycles. The number of hydrogen-bond acceptors (Lipinski definition) is 1. The molecule has 0 amide bonds. The topological polar surface area (TPSA) is 3.01 Å². The number of rotatable bonds is 2. The van der Waals surface area contributed by atoms with Crippen LogP contribution in [0.25, 0.3) is 0 Å². The van der Waals surface area contributed by atoms with Crippen molar-refractivity contribution in [2.24, 2.45) is 0 Å². The first-order valence-corrected chi connectivity index (χ1v) is 4.39. The molecule has 0 N–H and O–H groups in total. The van der Waals surface area contributed by atoms with E-state index in [-0.39, 0.29) is 0 Å². The molecule has 0 bridgehead atoms. The minimum atomic E-state index is 0.810. The average Bonchev–Trinajstić information content (AvgIpc) is 2.45. The Hall–Kier alpha value is -0.235. The standard InChI is InChI=1S/C9H18BN/c1-6(2)7(3)5-8-9(10)11(8)4/h8-9H,5,10H2,1-4H3. The Labute approximate surface area is 70.9 Å². The Bertz CT molecular complexity index is 174. The second kappa shape index (κ2) is 3.02. The summed E-state index contributed by atoms with van der Waals surface area (Å²) in [4.78, 5) is 2.42. The maximum atomic E-state index is 2.42. The normalized spacial score (nSPS) is 35.1. The van der Waals surface area contributed by atoms with Crippen molar-refractivity contribution in [1.82, 2.24) is 4.90 Å². The Morgan fingerprint density at radius 3 is 2.09 bits per heavy atom. The lowest BCUT2D eigenvalue weighted by molar-refractivity contribution is 0.602. The summed E-state index contributed by atoms with van der Waals surface area (Å²) in [5, 5.41) is 0. The first-order valence-electron chi connectivity index (χ1n) is 4.39. The van der Waals surface area contributed by atoms with Crippen molar-refractivity contribution in [1.29, 1.82) is 0 Å². The van der Waals surface area contributed by atoms with Crippen molar-refractivity contribution in [3.63, 3.8) is 0 Å². The van der Waals surface area contributed by atoms with Gasteiger partial charge in [-0.25, -0.2) is 0 Å². The second-order valence-corrected chi connectivity index (χ2v) is 3.96. The van der Waals surface area contributed by atoms with E-state index >= 15 is 0 Å². The highest BCUT2D eigenvalue weighted by Crippen LogP contribution is 2.29. The number of nitrogens with zero attached hydrogens (tertiary/aromatic N) is 1. The summed E-state index contributed by atoms with van der Waals surface area (Å²) in [6, 6.07) is 0.824. The van der Waals surface area contributed by atoms with Crippen molar-refractivity contribution >= 4 is 7.85 Å². The molecule has 3 unspecified atom stereocenters. The van der Waals surface area contributed by atoms with Gasteiger partial charge in [-0.15, -0.1) is 0 Å². The summed E-state index contributed by atoms with van der Waals surface area (Å²) in [6.07, 6.45) is 1.26. The van der Waals surface area contributed by atoms with Gasteiger partial charge in [0.05, 0.1) is 0 Å². The second-order valence-electron chi connectivity index (χ2n) is 3.96. The highest BCUT2D eigenvalue weighted by Gasteiger charge is 2.39. The fourth-order valence-electron chi connectivity index (χ4n) is 1.41. The lowest BCUT2D eigenvalue weighted by atomic mass is 9.96. The molecule has 1 nitrogen and oxygen atoms in total. The van der Waals surface area contributed by atoms with E-state index in [4.69, 9.17) is 0 Å². The average molecular weight is 151 g/mol. The Balaban J connectivity index is 2.40. The van der Waals surface area contributed by atoms with E-state index in [1.165, 1.54) is 12.0 Å². The van der Waals surface area contributed by atoms with E-state index in [0.29, 0.717) is 0 Å². The maximum Gasteiger partial charge on any atom is 0.125 e. The van der Waals surface area contributed by atoms with E-state index in [2.05, 4.69) is 40.6 Å². The summed E-state index contributed by atoms with van der Waals surface area (Å²) < 4.78 is 0. The van der Waals surface area contributed by atoms with Gasteiger partial charge in [-0.05, 0) is 40.2 Å². The molecule has 3 atom stereocenters. The third kappa shape index (κ3) is 1.87. The number of likely N-dealkylation sites (N-methyl/N-ethyl adjacent to an activating group) is 1. The largest absolute Gasteiger partial charge is 0.306 e. The van der Waals surface area contributed by atoms with Gasteiger partial charge in [0.1, 0.15) is 7.85 Å². The van der Waals surface area contributed by atoms with Crippen LogP contribution in [0, 0.1) is 0 Å². The van der Waals surface area contributed by atoms with E-state index < -0.39 is 0 Å². The summed E-state index contributed by atoms with van der Waals surface area (Å²) >= 11 is 0. The minimum absolute atomic E-state index is 0.810. The molecule has 0 saturated carbocycles. The fraction of sp³-hybridized carbons (Fsp3) is 0.778. The molecule has 1 fully saturated rings. The monoisotopic (exact) mass is 151 g/mol. The molecular weight excluding hydrogens is 133 g/mol. The molecule has 1 heterocycles. The molecule has 11 heavy (non-hydrogen) atoms. The van der Waals surface area contributed by atoms with Gasteiger partial charge in [0.2, 0.25) is 0 Å². The molecule has 0 radical (unpaired) electrons. The highest BCUT2D eigenvalue weighted by molar-refractivity contribution is 6.14. The molecule has 62 valence electrons. The van der Waals surface area contributed by atoms with Crippen molar-refractivity contribution in [3.05, 3.63) is 11.1 Å². The Morgan fingerprint density at radius 2 is 1.82 bits per heavy atom. The van der Waals surface area contributed by atoms with Crippen LogP contribution >= 0.6 is 0 Å². The highest BCUT2D eigenvalue weighted by atomic mass is 15.3. The first-order chi connectivity index (χ1) is 5.04. The van der Waals surface area contributed by atoms with Gasteiger partial charge in [-0.3, -0.25) is 0 Å². The molecule has 2 heteroatoms. The van der Waals surface area contributed by atoms with Gasteiger partial charge < -0.3 is 4.90 Å². The van der Waals surface area contributed by atoms with Crippen molar-refractivity contribution < 1.29 is 0 Å². The molecule has 0 aromatic heterocycles. The molecule has 0 aromatic carbocycles. The van der Waals surface area contributed by atoms with Crippen LogP contribution in [0.5, 0.6) is 0 Å². The van der Waals surface area contributed by atoms with Gasteiger partial charge >= 0.3 is 0 Å². The molecule has 1 saturated heterocycles.